The second kappa shape index (κ2) is 9.80. The molecule has 6 heteroatoms. The third-order valence-corrected chi connectivity index (χ3v) is 7.55. The Morgan fingerprint density at radius 1 is 1.17 bits per heavy atom. The molecule has 0 bridgehead atoms. The predicted molar refractivity (Wildman–Crippen MR) is 114 cm³/mol. The molecule has 0 aromatic rings. The maximum absolute atomic E-state index is 12.1. The number of carboxylic acids is 2. The van der Waals surface area contributed by atoms with Gasteiger partial charge in [0.2, 0.25) is 0 Å². The van der Waals surface area contributed by atoms with Crippen molar-refractivity contribution in [2.75, 3.05) is 6.61 Å². The molecule has 2 aliphatic carbocycles. The molecule has 0 aromatic heterocycles. The quantitative estimate of drug-likeness (QED) is 0.403. The van der Waals surface area contributed by atoms with Crippen LogP contribution in [0.15, 0.2) is 23.8 Å². The number of hydrogen-bond acceptors (Lipinski definition) is 4. The van der Waals surface area contributed by atoms with Crippen LogP contribution in [0.5, 0.6) is 0 Å². The first-order chi connectivity index (χ1) is 14.0. The lowest BCUT2D eigenvalue weighted by atomic mass is 9.46. The molecule has 4 atom stereocenters. The minimum atomic E-state index is -1.01. The molecule has 4 unspecified atom stereocenters. The van der Waals surface area contributed by atoms with E-state index in [9.17, 15) is 19.5 Å². The van der Waals surface area contributed by atoms with Crippen molar-refractivity contribution in [3.8, 4) is 0 Å². The van der Waals surface area contributed by atoms with E-state index < -0.39 is 23.3 Å². The zero-order valence-electron chi connectivity index (χ0n) is 18.5. The summed E-state index contributed by atoms with van der Waals surface area (Å²) in [5.74, 6) is -1.75. The van der Waals surface area contributed by atoms with Crippen LogP contribution >= 0.6 is 0 Å². The van der Waals surface area contributed by atoms with Gasteiger partial charge in [0.15, 0.2) is 0 Å². The molecule has 2 aliphatic rings. The van der Waals surface area contributed by atoms with E-state index in [2.05, 4.69) is 13.5 Å². The number of rotatable bonds is 9. The van der Waals surface area contributed by atoms with Crippen LogP contribution in [0.1, 0.15) is 78.6 Å². The SMILES string of the molecule is C=C1CCC2C(C)(C(=O)O)CCCC2(C)C1CCC(C)=CCOC(=O)CCC(=O)O. The van der Waals surface area contributed by atoms with Gasteiger partial charge in [0.25, 0.3) is 0 Å². The molecule has 0 saturated heterocycles. The van der Waals surface area contributed by atoms with Gasteiger partial charge in [-0.3, -0.25) is 14.4 Å². The Kier molecular flexibility index (Phi) is 7.89. The van der Waals surface area contributed by atoms with Crippen molar-refractivity contribution in [2.24, 2.45) is 22.7 Å². The van der Waals surface area contributed by atoms with Crippen molar-refractivity contribution in [2.45, 2.75) is 78.6 Å². The van der Waals surface area contributed by atoms with Crippen LogP contribution in [0.3, 0.4) is 0 Å². The van der Waals surface area contributed by atoms with E-state index in [1.54, 1.807) is 0 Å². The maximum Gasteiger partial charge on any atom is 0.309 e. The third-order valence-electron chi connectivity index (χ3n) is 7.55. The first-order valence-electron chi connectivity index (χ1n) is 10.9. The van der Waals surface area contributed by atoms with Crippen LogP contribution < -0.4 is 0 Å². The Bertz CT molecular complexity index is 723. The normalized spacial score (nSPS) is 31.7. The molecule has 2 rings (SSSR count). The standard InChI is InChI=1S/C24H36O6/c1-16(12-15-30-21(27)11-10-20(25)26)6-8-18-17(2)7-9-19-23(18,3)13-5-14-24(19,4)22(28)29/h12,18-19H,2,5-11,13-15H2,1,3-4H3,(H,25,26)(H,28,29). The van der Waals surface area contributed by atoms with E-state index in [0.29, 0.717) is 0 Å². The number of hydrogen-bond donors (Lipinski definition) is 2. The summed E-state index contributed by atoms with van der Waals surface area (Å²) in [7, 11) is 0. The maximum atomic E-state index is 12.1. The summed E-state index contributed by atoms with van der Waals surface area (Å²) in [5.41, 5.74) is 1.62. The number of aliphatic carboxylic acids is 2. The highest BCUT2D eigenvalue weighted by Crippen LogP contribution is 2.62. The van der Waals surface area contributed by atoms with Crippen molar-refractivity contribution < 1.29 is 29.3 Å². The fraction of sp³-hybridized carbons (Fsp3) is 0.708. The second-order valence-electron chi connectivity index (χ2n) is 9.55. The fourth-order valence-electron chi connectivity index (χ4n) is 5.77. The topological polar surface area (TPSA) is 101 Å². The van der Waals surface area contributed by atoms with Gasteiger partial charge in [-0.25, -0.2) is 0 Å². The number of ether oxygens (including phenoxy) is 1. The highest BCUT2D eigenvalue weighted by atomic mass is 16.5. The Morgan fingerprint density at radius 2 is 1.87 bits per heavy atom. The highest BCUT2D eigenvalue weighted by Gasteiger charge is 2.57. The van der Waals surface area contributed by atoms with E-state index >= 15 is 0 Å². The first-order valence-corrected chi connectivity index (χ1v) is 10.9. The lowest BCUT2D eigenvalue weighted by molar-refractivity contribution is -0.164. The van der Waals surface area contributed by atoms with Crippen LogP contribution in [0.25, 0.3) is 0 Å². The van der Waals surface area contributed by atoms with E-state index in [0.717, 1.165) is 50.5 Å². The third kappa shape index (κ3) is 5.32. The van der Waals surface area contributed by atoms with Crippen LogP contribution in [0.4, 0.5) is 0 Å². The summed E-state index contributed by atoms with van der Waals surface area (Å²) in [5, 5.41) is 18.5. The van der Waals surface area contributed by atoms with Gasteiger partial charge in [0, 0.05) is 0 Å². The fourth-order valence-corrected chi connectivity index (χ4v) is 5.77. The molecule has 168 valence electrons. The number of esters is 1. The lowest BCUT2D eigenvalue weighted by Gasteiger charge is -2.57. The Labute approximate surface area is 179 Å². The molecule has 0 aliphatic heterocycles. The van der Waals surface area contributed by atoms with Gasteiger partial charge in [-0.15, -0.1) is 0 Å². The lowest BCUT2D eigenvalue weighted by Crippen LogP contribution is -2.53. The van der Waals surface area contributed by atoms with E-state index in [4.69, 9.17) is 9.84 Å². The molecule has 0 amide bonds. The predicted octanol–water partition coefficient (Wildman–Crippen LogP) is 4.98. The molecule has 0 spiro atoms. The van der Waals surface area contributed by atoms with Gasteiger partial charge in [0.05, 0.1) is 18.3 Å². The molecule has 6 nitrogen and oxygen atoms in total. The second-order valence-corrected chi connectivity index (χ2v) is 9.55. The van der Waals surface area contributed by atoms with E-state index in [1.165, 1.54) is 5.57 Å². The average molecular weight is 421 g/mol. The molecular weight excluding hydrogens is 384 g/mol. The minimum absolute atomic E-state index is 0.0513. The molecule has 2 saturated carbocycles. The van der Waals surface area contributed by atoms with Crippen molar-refractivity contribution in [1.29, 1.82) is 0 Å². The summed E-state index contributed by atoms with van der Waals surface area (Å²) in [6.45, 7) is 10.7. The molecular formula is C24H36O6. The summed E-state index contributed by atoms with van der Waals surface area (Å²) >= 11 is 0. The number of allylic oxidation sites excluding steroid dienone is 2. The molecule has 0 radical (unpaired) electrons. The number of fused-ring (bicyclic) bond motifs is 1. The summed E-state index contributed by atoms with van der Waals surface area (Å²) < 4.78 is 5.07. The summed E-state index contributed by atoms with van der Waals surface area (Å²) in [4.78, 5) is 34.1. The van der Waals surface area contributed by atoms with Crippen molar-refractivity contribution in [3.63, 3.8) is 0 Å². The first kappa shape index (κ1) is 24.2. The molecule has 2 N–H and O–H groups in total. The Balaban J connectivity index is 1.97. The van der Waals surface area contributed by atoms with Crippen LogP contribution in [-0.2, 0) is 19.1 Å². The summed E-state index contributed by atoms with van der Waals surface area (Å²) in [6.07, 6.45) is 7.77. The Hall–Kier alpha value is -2.11. The largest absolute Gasteiger partial charge is 0.481 e. The highest BCUT2D eigenvalue weighted by molar-refractivity contribution is 5.76. The van der Waals surface area contributed by atoms with Crippen molar-refractivity contribution in [1.82, 2.24) is 0 Å². The van der Waals surface area contributed by atoms with Gasteiger partial charge in [-0.1, -0.05) is 31.1 Å². The average Bonchev–Trinajstić information content (AvgIpc) is 2.65. The van der Waals surface area contributed by atoms with E-state index in [-0.39, 0.29) is 36.7 Å². The minimum Gasteiger partial charge on any atom is -0.481 e. The number of carbonyl (C=O) groups is 3. The van der Waals surface area contributed by atoms with Crippen molar-refractivity contribution >= 4 is 17.9 Å². The monoisotopic (exact) mass is 420 g/mol. The molecule has 30 heavy (non-hydrogen) atoms. The molecule has 2 fully saturated rings. The number of carbonyl (C=O) groups excluding carboxylic acids is 1. The van der Waals surface area contributed by atoms with Gasteiger partial charge in [0.1, 0.15) is 6.61 Å². The van der Waals surface area contributed by atoms with Gasteiger partial charge in [-0.05, 0) is 75.7 Å². The van der Waals surface area contributed by atoms with Crippen LogP contribution in [0.2, 0.25) is 0 Å². The summed E-state index contributed by atoms with van der Waals surface area (Å²) in [6, 6.07) is 0. The number of carboxylic acid groups (broad SMARTS) is 2. The zero-order chi connectivity index (χ0) is 22.5. The van der Waals surface area contributed by atoms with Crippen LogP contribution in [0, 0.1) is 22.7 Å². The van der Waals surface area contributed by atoms with Gasteiger partial charge >= 0.3 is 17.9 Å². The van der Waals surface area contributed by atoms with Gasteiger partial charge < -0.3 is 14.9 Å². The van der Waals surface area contributed by atoms with Crippen molar-refractivity contribution in [3.05, 3.63) is 23.8 Å². The van der Waals surface area contributed by atoms with E-state index in [1.807, 2.05) is 19.9 Å². The van der Waals surface area contributed by atoms with Crippen LogP contribution in [-0.4, -0.2) is 34.7 Å². The molecule has 0 aromatic carbocycles. The smallest absolute Gasteiger partial charge is 0.309 e. The zero-order valence-corrected chi connectivity index (χ0v) is 18.5. The van der Waals surface area contributed by atoms with Gasteiger partial charge in [-0.2, -0.15) is 0 Å². The Morgan fingerprint density at radius 3 is 2.50 bits per heavy atom. The molecule has 0 heterocycles.